The maximum absolute atomic E-state index is 5.37. The van der Waals surface area contributed by atoms with Gasteiger partial charge in [0.05, 0.1) is 4.20 Å². The highest BCUT2D eigenvalue weighted by Crippen LogP contribution is 2.28. The molecule has 0 nitrogen and oxygen atoms in total. The van der Waals surface area contributed by atoms with E-state index in [0.29, 0.717) is 0 Å². The minimum Gasteiger partial charge on any atom is -0.114 e. The maximum Gasteiger partial charge on any atom is 0.0562 e. The Morgan fingerprint density at radius 1 is 1.27 bits per heavy atom. The van der Waals surface area contributed by atoms with Crippen molar-refractivity contribution in [2.24, 2.45) is 0 Å². The van der Waals surface area contributed by atoms with Gasteiger partial charge in [0.2, 0.25) is 0 Å². The number of hydrogen-bond donors (Lipinski definition) is 0. The van der Waals surface area contributed by atoms with Crippen LogP contribution in [0.2, 0.25) is 0 Å². The summed E-state index contributed by atoms with van der Waals surface area (Å²) in [6, 6.07) is 10.4. The van der Waals surface area contributed by atoms with Crippen LogP contribution in [-0.2, 0) is 5.75 Å². The molecule has 0 bridgehead atoms. The van der Waals surface area contributed by atoms with Crippen molar-refractivity contribution in [1.82, 2.24) is 0 Å². The van der Waals surface area contributed by atoms with Gasteiger partial charge in [-0.3, -0.25) is 0 Å². The van der Waals surface area contributed by atoms with E-state index in [9.17, 15) is 0 Å². The molecule has 0 amide bonds. The fraction of sp³-hybridized carbons (Fsp3) is 0.154. The topological polar surface area (TPSA) is 0 Å². The summed E-state index contributed by atoms with van der Waals surface area (Å²) in [7, 11) is 0. The first-order valence-electron chi connectivity index (χ1n) is 4.93. The Balaban J connectivity index is 1.81. The average molecular weight is 232 g/mol. The van der Waals surface area contributed by atoms with Crippen LogP contribution in [-0.4, -0.2) is 4.20 Å². The van der Waals surface area contributed by atoms with E-state index in [4.69, 9.17) is 12.2 Å². The first-order valence-corrected chi connectivity index (χ1v) is 6.32. The zero-order valence-corrected chi connectivity index (χ0v) is 9.98. The van der Waals surface area contributed by atoms with Crippen LogP contribution in [0, 0.1) is 12.3 Å². The SMILES string of the molecule is S=C(SCc1ccccc1)[C]1[CH]C=CC1. The van der Waals surface area contributed by atoms with Gasteiger partial charge in [0.1, 0.15) is 0 Å². The lowest BCUT2D eigenvalue weighted by molar-refractivity contribution is 1.24. The van der Waals surface area contributed by atoms with E-state index in [1.54, 1.807) is 11.8 Å². The Kier molecular flexibility index (Phi) is 3.98. The molecule has 2 rings (SSSR count). The van der Waals surface area contributed by atoms with Crippen molar-refractivity contribution in [3.05, 3.63) is 60.4 Å². The Bertz CT molecular complexity index is 346. The van der Waals surface area contributed by atoms with Gasteiger partial charge < -0.3 is 0 Å². The van der Waals surface area contributed by atoms with Crippen molar-refractivity contribution < 1.29 is 0 Å². The van der Waals surface area contributed by atoms with E-state index in [0.717, 1.165) is 16.4 Å². The van der Waals surface area contributed by atoms with Crippen molar-refractivity contribution in [1.29, 1.82) is 0 Å². The molecule has 0 saturated heterocycles. The summed E-state index contributed by atoms with van der Waals surface area (Å²) in [4.78, 5) is 0. The van der Waals surface area contributed by atoms with Crippen LogP contribution in [0.4, 0.5) is 0 Å². The van der Waals surface area contributed by atoms with Crippen molar-refractivity contribution in [3.8, 4) is 0 Å². The maximum atomic E-state index is 5.37. The van der Waals surface area contributed by atoms with Gasteiger partial charge >= 0.3 is 0 Å². The first-order chi connectivity index (χ1) is 7.36. The summed E-state index contributed by atoms with van der Waals surface area (Å²) in [5.74, 6) is 2.25. The molecule has 0 unspecified atom stereocenters. The molecular weight excluding hydrogens is 220 g/mol. The monoisotopic (exact) mass is 232 g/mol. The molecule has 0 atom stereocenters. The zero-order chi connectivity index (χ0) is 10.5. The normalized spacial score (nSPS) is 15.7. The predicted octanol–water partition coefficient (Wildman–Crippen LogP) is 3.99. The van der Waals surface area contributed by atoms with Crippen molar-refractivity contribution in [3.63, 3.8) is 0 Å². The van der Waals surface area contributed by atoms with Gasteiger partial charge in [-0.1, -0.05) is 54.7 Å². The Morgan fingerprint density at radius 2 is 2.07 bits per heavy atom. The summed E-state index contributed by atoms with van der Waals surface area (Å²) in [5, 5.41) is 0. The van der Waals surface area contributed by atoms with Crippen molar-refractivity contribution >= 4 is 28.2 Å². The Hall–Kier alpha value is -0.600. The van der Waals surface area contributed by atoms with Gasteiger partial charge in [-0.15, -0.1) is 11.8 Å². The lowest BCUT2D eigenvalue weighted by Crippen LogP contribution is -2.02. The molecule has 0 heterocycles. The summed E-state index contributed by atoms with van der Waals surface area (Å²) in [6.07, 6.45) is 7.33. The first kappa shape index (κ1) is 10.9. The summed E-state index contributed by atoms with van der Waals surface area (Å²) in [5.41, 5.74) is 1.33. The summed E-state index contributed by atoms with van der Waals surface area (Å²) in [6.45, 7) is 0. The molecule has 0 aliphatic heterocycles. The molecular formula is C13H12S2. The molecule has 1 aliphatic rings. The Labute approximate surface area is 101 Å². The van der Waals surface area contributed by atoms with Crippen molar-refractivity contribution in [2.45, 2.75) is 12.2 Å². The second-order valence-electron chi connectivity index (χ2n) is 3.39. The van der Waals surface area contributed by atoms with Crippen LogP contribution >= 0.6 is 24.0 Å². The molecule has 76 valence electrons. The highest BCUT2D eigenvalue weighted by molar-refractivity contribution is 8.23. The van der Waals surface area contributed by atoms with Crippen LogP contribution in [0.1, 0.15) is 12.0 Å². The number of thiocarbonyl (C=S) groups is 1. The van der Waals surface area contributed by atoms with E-state index in [-0.39, 0.29) is 0 Å². The van der Waals surface area contributed by atoms with Gasteiger partial charge in [0.25, 0.3) is 0 Å². The molecule has 0 spiro atoms. The van der Waals surface area contributed by atoms with Gasteiger partial charge in [0, 0.05) is 11.7 Å². The van der Waals surface area contributed by atoms with Gasteiger partial charge in [0.15, 0.2) is 0 Å². The van der Waals surface area contributed by atoms with Crippen LogP contribution in [0.15, 0.2) is 42.5 Å². The highest BCUT2D eigenvalue weighted by atomic mass is 32.2. The van der Waals surface area contributed by atoms with Crippen LogP contribution in [0.3, 0.4) is 0 Å². The minimum atomic E-state index is 0.969. The summed E-state index contributed by atoms with van der Waals surface area (Å²) < 4.78 is 1.03. The zero-order valence-electron chi connectivity index (χ0n) is 8.35. The number of benzene rings is 1. The van der Waals surface area contributed by atoms with E-state index in [2.05, 4.69) is 42.8 Å². The second kappa shape index (κ2) is 5.47. The van der Waals surface area contributed by atoms with E-state index in [1.807, 2.05) is 6.07 Å². The largest absolute Gasteiger partial charge is 0.114 e. The van der Waals surface area contributed by atoms with Crippen LogP contribution in [0.25, 0.3) is 0 Å². The molecule has 0 fully saturated rings. The number of thioether (sulfide) groups is 1. The van der Waals surface area contributed by atoms with Crippen LogP contribution in [0.5, 0.6) is 0 Å². The van der Waals surface area contributed by atoms with Gasteiger partial charge in [-0.05, 0) is 18.4 Å². The third-order valence-corrected chi connectivity index (χ3v) is 3.86. The molecule has 2 radical (unpaired) electrons. The fourth-order valence-corrected chi connectivity index (χ4v) is 2.57. The fourth-order valence-electron chi connectivity index (χ4n) is 1.41. The standard InChI is InChI=1S/C13H12S2/c14-13(12-8-4-5-9-12)15-10-11-6-2-1-3-7-11/h1-8H,9-10H2. The third-order valence-electron chi connectivity index (χ3n) is 2.25. The molecule has 2 heteroatoms. The lowest BCUT2D eigenvalue weighted by atomic mass is 10.1. The molecule has 1 aromatic carbocycles. The van der Waals surface area contributed by atoms with Gasteiger partial charge in [-0.25, -0.2) is 0 Å². The molecule has 1 aromatic rings. The van der Waals surface area contributed by atoms with Crippen LogP contribution < -0.4 is 0 Å². The number of hydrogen-bond acceptors (Lipinski definition) is 2. The van der Waals surface area contributed by atoms with Crippen molar-refractivity contribution in [2.75, 3.05) is 0 Å². The lowest BCUT2D eigenvalue weighted by Gasteiger charge is -2.09. The smallest absolute Gasteiger partial charge is 0.0562 e. The Morgan fingerprint density at radius 3 is 2.73 bits per heavy atom. The molecule has 0 saturated carbocycles. The highest BCUT2D eigenvalue weighted by Gasteiger charge is 2.16. The minimum absolute atomic E-state index is 0.969. The molecule has 15 heavy (non-hydrogen) atoms. The van der Waals surface area contributed by atoms with Gasteiger partial charge in [-0.2, -0.15) is 0 Å². The average Bonchev–Trinajstić information content (AvgIpc) is 2.81. The predicted molar refractivity (Wildman–Crippen MR) is 71.6 cm³/mol. The number of allylic oxidation sites excluding steroid dienone is 2. The second-order valence-corrected chi connectivity index (χ2v) is 5.04. The summed E-state index contributed by atoms with van der Waals surface area (Å²) >= 11 is 7.12. The van der Waals surface area contributed by atoms with E-state index < -0.39 is 0 Å². The van der Waals surface area contributed by atoms with E-state index >= 15 is 0 Å². The molecule has 0 N–H and O–H groups in total. The number of rotatable bonds is 3. The third kappa shape index (κ3) is 3.18. The molecule has 0 aromatic heterocycles. The van der Waals surface area contributed by atoms with E-state index in [1.165, 1.54) is 11.5 Å². The quantitative estimate of drug-likeness (QED) is 0.723. The molecule has 1 aliphatic carbocycles.